The van der Waals surface area contributed by atoms with Gasteiger partial charge in [-0.1, -0.05) is 13.3 Å². The molecule has 2 heterocycles. The van der Waals surface area contributed by atoms with Crippen LogP contribution in [-0.4, -0.2) is 53.8 Å². The van der Waals surface area contributed by atoms with Crippen molar-refractivity contribution < 1.29 is 9.59 Å². The number of hydrogen-bond acceptors (Lipinski definition) is 3. The van der Waals surface area contributed by atoms with E-state index >= 15 is 0 Å². The predicted molar refractivity (Wildman–Crippen MR) is 101 cm³/mol. The van der Waals surface area contributed by atoms with Gasteiger partial charge in [-0.15, -0.1) is 12.4 Å². The van der Waals surface area contributed by atoms with Crippen LogP contribution < -0.4 is 5.73 Å². The molecule has 3 rings (SSSR count). The molecule has 2 N–H and O–H groups in total. The summed E-state index contributed by atoms with van der Waals surface area (Å²) in [6.07, 6.45) is 7.82. The van der Waals surface area contributed by atoms with Gasteiger partial charge in [-0.25, -0.2) is 0 Å². The van der Waals surface area contributed by atoms with Crippen LogP contribution in [-0.2, 0) is 9.59 Å². The van der Waals surface area contributed by atoms with Crippen LogP contribution in [0.4, 0.5) is 0 Å². The molecular formula is C19H34ClN3O2. The first-order valence-electron chi connectivity index (χ1n) is 9.86. The van der Waals surface area contributed by atoms with Crippen LogP contribution in [0.5, 0.6) is 0 Å². The first kappa shape index (κ1) is 20.5. The number of likely N-dealkylation sites (tertiary alicyclic amines) is 2. The molecule has 1 saturated carbocycles. The number of amides is 2. The molecule has 1 aliphatic carbocycles. The van der Waals surface area contributed by atoms with E-state index in [1.165, 1.54) is 0 Å². The highest BCUT2D eigenvalue weighted by molar-refractivity contribution is 5.85. The van der Waals surface area contributed by atoms with Gasteiger partial charge in [0.1, 0.15) is 0 Å². The van der Waals surface area contributed by atoms with Crippen LogP contribution >= 0.6 is 12.4 Å². The Hall–Kier alpha value is -0.810. The SMILES string of the molecule is CC1CCN(C(=O)C2CCN(C(=O)C[C@@H]3CCC[C@H]3N)CC2)CC1.Cl. The van der Waals surface area contributed by atoms with E-state index in [4.69, 9.17) is 5.73 Å². The summed E-state index contributed by atoms with van der Waals surface area (Å²) < 4.78 is 0. The van der Waals surface area contributed by atoms with Crippen LogP contribution in [0.15, 0.2) is 0 Å². The zero-order valence-electron chi connectivity index (χ0n) is 15.5. The number of carbonyl (C=O) groups is 2. The molecule has 2 saturated heterocycles. The van der Waals surface area contributed by atoms with Crippen LogP contribution in [0.25, 0.3) is 0 Å². The topological polar surface area (TPSA) is 66.6 Å². The third-order valence-corrected chi connectivity index (χ3v) is 6.45. The molecular weight excluding hydrogens is 338 g/mol. The van der Waals surface area contributed by atoms with Gasteiger partial charge in [0.25, 0.3) is 0 Å². The third kappa shape index (κ3) is 5.10. The third-order valence-electron chi connectivity index (χ3n) is 6.45. The average Bonchev–Trinajstić information content (AvgIpc) is 3.00. The van der Waals surface area contributed by atoms with Crippen LogP contribution in [0.1, 0.15) is 58.3 Å². The molecule has 3 aliphatic rings. The average molecular weight is 372 g/mol. The van der Waals surface area contributed by atoms with Gasteiger partial charge in [0.05, 0.1) is 0 Å². The summed E-state index contributed by atoms with van der Waals surface area (Å²) in [7, 11) is 0. The molecule has 0 aromatic heterocycles. The molecule has 2 amide bonds. The number of nitrogens with zero attached hydrogens (tertiary/aromatic N) is 2. The lowest BCUT2D eigenvalue weighted by Gasteiger charge is -2.37. The van der Waals surface area contributed by atoms with Crippen molar-refractivity contribution >= 4 is 24.2 Å². The van der Waals surface area contributed by atoms with Crippen LogP contribution in [0.3, 0.4) is 0 Å². The van der Waals surface area contributed by atoms with Crippen LogP contribution in [0.2, 0.25) is 0 Å². The van der Waals surface area contributed by atoms with Gasteiger partial charge in [0.2, 0.25) is 11.8 Å². The lowest BCUT2D eigenvalue weighted by molar-refractivity contribution is -0.142. The van der Waals surface area contributed by atoms with Gasteiger partial charge >= 0.3 is 0 Å². The monoisotopic (exact) mass is 371 g/mol. The molecule has 2 atom stereocenters. The molecule has 0 spiro atoms. The number of carbonyl (C=O) groups excluding carboxylic acids is 2. The van der Waals surface area contributed by atoms with E-state index in [1.807, 2.05) is 4.90 Å². The van der Waals surface area contributed by atoms with Gasteiger partial charge in [-0.05, 0) is 50.4 Å². The molecule has 0 aromatic rings. The summed E-state index contributed by atoms with van der Waals surface area (Å²) in [6.45, 7) is 5.57. The van der Waals surface area contributed by atoms with E-state index in [-0.39, 0.29) is 30.3 Å². The molecule has 0 aromatic carbocycles. The number of piperidine rings is 2. The van der Waals surface area contributed by atoms with E-state index in [0.29, 0.717) is 18.2 Å². The predicted octanol–water partition coefficient (Wildman–Crippen LogP) is 2.42. The molecule has 2 aliphatic heterocycles. The number of rotatable bonds is 3. The first-order valence-corrected chi connectivity index (χ1v) is 9.86. The van der Waals surface area contributed by atoms with Crippen LogP contribution in [0, 0.1) is 17.8 Å². The molecule has 6 heteroatoms. The minimum absolute atomic E-state index is 0. The second-order valence-corrected chi connectivity index (χ2v) is 8.22. The van der Waals surface area contributed by atoms with E-state index in [0.717, 1.165) is 77.0 Å². The lowest BCUT2D eigenvalue weighted by Crippen LogP contribution is -2.46. The maximum Gasteiger partial charge on any atom is 0.225 e. The smallest absolute Gasteiger partial charge is 0.225 e. The highest BCUT2D eigenvalue weighted by atomic mass is 35.5. The number of nitrogens with two attached hydrogens (primary N) is 1. The van der Waals surface area contributed by atoms with E-state index < -0.39 is 0 Å². The van der Waals surface area contributed by atoms with Crippen molar-refractivity contribution in [2.45, 2.75) is 64.3 Å². The van der Waals surface area contributed by atoms with Gasteiger partial charge < -0.3 is 15.5 Å². The second-order valence-electron chi connectivity index (χ2n) is 8.22. The van der Waals surface area contributed by atoms with Gasteiger partial charge in [-0.3, -0.25) is 9.59 Å². The second kappa shape index (κ2) is 9.22. The lowest BCUT2D eigenvalue weighted by atomic mass is 9.92. The molecule has 3 fully saturated rings. The maximum absolute atomic E-state index is 12.7. The summed E-state index contributed by atoms with van der Waals surface area (Å²) in [4.78, 5) is 29.2. The fourth-order valence-electron chi connectivity index (χ4n) is 4.54. The number of hydrogen-bond donors (Lipinski definition) is 1. The Bertz CT molecular complexity index is 458. The van der Waals surface area contributed by atoms with Gasteiger partial charge in [0, 0.05) is 44.6 Å². The highest BCUT2D eigenvalue weighted by Crippen LogP contribution is 2.29. The fourth-order valence-corrected chi connectivity index (χ4v) is 4.54. The van der Waals surface area contributed by atoms with Gasteiger partial charge in [-0.2, -0.15) is 0 Å². The Balaban J connectivity index is 0.00000225. The van der Waals surface area contributed by atoms with Crippen molar-refractivity contribution in [3.63, 3.8) is 0 Å². The summed E-state index contributed by atoms with van der Waals surface area (Å²) in [5.74, 6) is 1.81. The normalized spacial score (nSPS) is 28.7. The summed E-state index contributed by atoms with van der Waals surface area (Å²) >= 11 is 0. The minimum Gasteiger partial charge on any atom is -0.343 e. The quantitative estimate of drug-likeness (QED) is 0.828. The van der Waals surface area contributed by atoms with Crippen molar-refractivity contribution in [1.29, 1.82) is 0 Å². The van der Waals surface area contributed by atoms with E-state index in [1.54, 1.807) is 0 Å². The maximum atomic E-state index is 12.7. The van der Waals surface area contributed by atoms with Gasteiger partial charge in [0.15, 0.2) is 0 Å². The van der Waals surface area contributed by atoms with Crippen molar-refractivity contribution in [3.8, 4) is 0 Å². The van der Waals surface area contributed by atoms with Crippen molar-refractivity contribution in [3.05, 3.63) is 0 Å². The minimum atomic E-state index is 0. The fraction of sp³-hybridized carbons (Fsp3) is 0.895. The Morgan fingerprint density at radius 1 is 0.920 bits per heavy atom. The Labute approximate surface area is 158 Å². The van der Waals surface area contributed by atoms with Crippen molar-refractivity contribution in [2.75, 3.05) is 26.2 Å². The zero-order chi connectivity index (χ0) is 17.1. The molecule has 25 heavy (non-hydrogen) atoms. The standard InChI is InChI=1S/C19H33N3O2.ClH/c1-14-5-9-22(10-6-14)19(24)15-7-11-21(12-8-15)18(23)13-16-3-2-4-17(16)20;/h14-17H,2-13,20H2,1H3;1H/t16-,17+;/m0./s1. The van der Waals surface area contributed by atoms with Crippen molar-refractivity contribution in [1.82, 2.24) is 9.80 Å². The Kier molecular flexibility index (Phi) is 7.56. The molecule has 0 unspecified atom stereocenters. The Morgan fingerprint density at radius 3 is 2.08 bits per heavy atom. The summed E-state index contributed by atoms with van der Waals surface area (Å²) in [5.41, 5.74) is 6.09. The highest BCUT2D eigenvalue weighted by Gasteiger charge is 2.33. The molecule has 0 radical (unpaired) electrons. The van der Waals surface area contributed by atoms with Crippen molar-refractivity contribution in [2.24, 2.45) is 23.5 Å². The molecule has 5 nitrogen and oxygen atoms in total. The Morgan fingerprint density at radius 2 is 1.52 bits per heavy atom. The largest absolute Gasteiger partial charge is 0.343 e. The number of halogens is 1. The zero-order valence-corrected chi connectivity index (χ0v) is 16.3. The van der Waals surface area contributed by atoms with E-state index in [2.05, 4.69) is 11.8 Å². The summed E-state index contributed by atoms with van der Waals surface area (Å²) in [5, 5.41) is 0. The molecule has 144 valence electrons. The van der Waals surface area contributed by atoms with E-state index in [9.17, 15) is 9.59 Å². The summed E-state index contributed by atoms with van der Waals surface area (Å²) in [6, 6.07) is 0.203. The molecule has 0 bridgehead atoms. The first-order chi connectivity index (χ1) is 11.5.